The second-order valence-corrected chi connectivity index (χ2v) is 5.68. The van der Waals surface area contributed by atoms with E-state index in [1.165, 1.54) is 6.21 Å². The van der Waals surface area contributed by atoms with Crippen molar-refractivity contribution in [2.24, 2.45) is 5.10 Å². The zero-order valence-corrected chi connectivity index (χ0v) is 15.2. The number of nitrogens with one attached hydrogen (secondary N) is 2. The number of ether oxygens (including phenoxy) is 2. The van der Waals surface area contributed by atoms with Gasteiger partial charge in [0.1, 0.15) is 6.61 Å². The maximum absolute atomic E-state index is 11.8. The van der Waals surface area contributed by atoms with E-state index in [4.69, 9.17) is 9.47 Å². The molecule has 2 aromatic carbocycles. The number of urea groups is 1. The number of carbonyl (C=O) groups is 1. The highest BCUT2D eigenvalue weighted by Gasteiger charge is 2.10. The number of rotatable bonds is 7. The van der Waals surface area contributed by atoms with E-state index in [1.807, 2.05) is 18.2 Å². The summed E-state index contributed by atoms with van der Waals surface area (Å²) in [6.45, 7) is 3.98. The smallest absolute Gasteiger partial charge is 0.339 e. The topological polar surface area (TPSA) is 72.0 Å². The summed E-state index contributed by atoms with van der Waals surface area (Å²) in [6.07, 6.45) is 3.16. The number of methoxy groups -OCH3 is 1. The summed E-state index contributed by atoms with van der Waals surface area (Å²) >= 11 is 3.43. The standard InChI is InChI=1S/C18H18BrN3O3/c1-3-9-25-17-15(19)10-13(11-16(17)24-2)12-20-22-18(23)21-14-7-5-4-6-8-14/h3-8,10-12H,1,9H2,2H3,(H2,21,22,23)/b20-12-. The van der Waals surface area contributed by atoms with Crippen molar-refractivity contribution in [2.75, 3.05) is 19.0 Å². The van der Waals surface area contributed by atoms with Crippen molar-refractivity contribution in [3.63, 3.8) is 0 Å². The number of hydrogen-bond acceptors (Lipinski definition) is 4. The molecule has 2 amide bonds. The molecule has 0 saturated carbocycles. The number of nitrogens with zero attached hydrogens (tertiary/aromatic N) is 1. The predicted octanol–water partition coefficient (Wildman–Crippen LogP) is 4.18. The van der Waals surface area contributed by atoms with Crippen LogP contribution in [0, 0.1) is 0 Å². The highest BCUT2D eigenvalue weighted by molar-refractivity contribution is 9.10. The number of halogens is 1. The number of amides is 2. The molecule has 0 heterocycles. The number of benzene rings is 2. The molecule has 0 saturated heterocycles. The molecule has 2 rings (SSSR count). The molecule has 0 aliphatic rings. The van der Waals surface area contributed by atoms with Gasteiger partial charge in [0.15, 0.2) is 11.5 Å². The number of hydrazone groups is 1. The van der Waals surface area contributed by atoms with E-state index in [9.17, 15) is 4.79 Å². The Labute approximate surface area is 154 Å². The van der Waals surface area contributed by atoms with Crippen molar-refractivity contribution >= 4 is 33.9 Å². The summed E-state index contributed by atoms with van der Waals surface area (Å²) < 4.78 is 11.6. The van der Waals surface area contributed by atoms with E-state index in [-0.39, 0.29) is 0 Å². The second-order valence-electron chi connectivity index (χ2n) is 4.82. The Morgan fingerprint density at radius 3 is 2.76 bits per heavy atom. The van der Waals surface area contributed by atoms with E-state index in [1.54, 1.807) is 37.5 Å². The molecule has 2 N–H and O–H groups in total. The molecular weight excluding hydrogens is 386 g/mol. The average molecular weight is 404 g/mol. The van der Waals surface area contributed by atoms with Crippen LogP contribution in [0.4, 0.5) is 10.5 Å². The molecule has 25 heavy (non-hydrogen) atoms. The van der Waals surface area contributed by atoms with Gasteiger partial charge in [-0.2, -0.15) is 5.10 Å². The Hall–Kier alpha value is -2.80. The molecule has 0 bridgehead atoms. The van der Waals surface area contributed by atoms with Crippen LogP contribution in [0.5, 0.6) is 11.5 Å². The lowest BCUT2D eigenvalue weighted by Crippen LogP contribution is -2.24. The van der Waals surface area contributed by atoms with Crippen molar-refractivity contribution in [3.8, 4) is 11.5 Å². The van der Waals surface area contributed by atoms with Gasteiger partial charge in [0, 0.05) is 5.69 Å². The normalized spacial score (nSPS) is 10.3. The molecular formula is C18H18BrN3O3. The van der Waals surface area contributed by atoms with Crippen LogP contribution in [0.3, 0.4) is 0 Å². The third-order valence-electron chi connectivity index (χ3n) is 3.01. The SMILES string of the molecule is C=CCOc1c(Br)cc(/C=N\NC(=O)Nc2ccccc2)cc1OC. The van der Waals surface area contributed by atoms with Crippen molar-refractivity contribution in [2.45, 2.75) is 0 Å². The predicted molar refractivity (Wildman–Crippen MR) is 103 cm³/mol. The van der Waals surface area contributed by atoms with Gasteiger partial charge in [-0.15, -0.1) is 0 Å². The Bertz CT molecular complexity index is 764. The summed E-state index contributed by atoms with van der Waals surface area (Å²) in [5, 5.41) is 6.59. The monoisotopic (exact) mass is 403 g/mol. The van der Waals surface area contributed by atoms with Gasteiger partial charge in [0.25, 0.3) is 0 Å². The van der Waals surface area contributed by atoms with Gasteiger partial charge in [-0.05, 0) is 45.8 Å². The minimum Gasteiger partial charge on any atom is -0.493 e. The number of para-hydroxylation sites is 1. The van der Waals surface area contributed by atoms with Crippen LogP contribution in [0.15, 0.2) is 64.7 Å². The van der Waals surface area contributed by atoms with Crippen LogP contribution in [-0.4, -0.2) is 26.0 Å². The van der Waals surface area contributed by atoms with Crippen molar-refractivity contribution in [1.82, 2.24) is 5.43 Å². The Kier molecular flexibility index (Phi) is 7.03. The Morgan fingerprint density at radius 2 is 2.08 bits per heavy atom. The zero-order valence-electron chi connectivity index (χ0n) is 13.7. The van der Waals surface area contributed by atoms with Crippen molar-refractivity contribution in [1.29, 1.82) is 0 Å². The maximum Gasteiger partial charge on any atom is 0.339 e. The second kappa shape index (κ2) is 9.48. The summed E-state index contributed by atoms with van der Waals surface area (Å²) in [6, 6.07) is 12.2. The molecule has 0 aromatic heterocycles. The Morgan fingerprint density at radius 1 is 1.32 bits per heavy atom. The highest BCUT2D eigenvalue weighted by atomic mass is 79.9. The van der Waals surface area contributed by atoms with Crippen molar-refractivity contribution in [3.05, 3.63) is 65.2 Å². The first-order chi connectivity index (χ1) is 12.1. The summed E-state index contributed by atoms with van der Waals surface area (Å²) in [5.41, 5.74) is 3.82. The fourth-order valence-electron chi connectivity index (χ4n) is 1.94. The molecule has 6 nitrogen and oxygen atoms in total. The number of hydrogen-bond donors (Lipinski definition) is 2. The van der Waals surface area contributed by atoms with Crippen LogP contribution in [-0.2, 0) is 0 Å². The highest BCUT2D eigenvalue weighted by Crippen LogP contribution is 2.36. The van der Waals surface area contributed by atoms with Crippen LogP contribution in [0.25, 0.3) is 0 Å². The first kappa shape index (κ1) is 18.5. The van der Waals surface area contributed by atoms with E-state index in [2.05, 4.69) is 38.4 Å². The zero-order chi connectivity index (χ0) is 18.1. The third-order valence-corrected chi connectivity index (χ3v) is 3.60. The molecule has 0 radical (unpaired) electrons. The van der Waals surface area contributed by atoms with Gasteiger partial charge in [-0.3, -0.25) is 0 Å². The van der Waals surface area contributed by atoms with Crippen LogP contribution in [0.1, 0.15) is 5.56 Å². The Balaban J connectivity index is 2.01. The fourth-order valence-corrected chi connectivity index (χ4v) is 2.52. The van der Waals surface area contributed by atoms with Crippen molar-refractivity contribution < 1.29 is 14.3 Å². The summed E-state index contributed by atoms with van der Waals surface area (Å²) in [7, 11) is 1.55. The molecule has 7 heteroatoms. The molecule has 130 valence electrons. The molecule has 0 aliphatic carbocycles. The van der Waals surface area contributed by atoms with Gasteiger partial charge in [0.05, 0.1) is 17.8 Å². The number of anilines is 1. The average Bonchev–Trinajstić information content (AvgIpc) is 2.61. The van der Waals surface area contributed by atoms with Crippen LogP contribution < -0.4 is 20.2 Å². The first-order valence-corrected chi connectivity index (χ1v) is 8.19. The lowest BCUT2D eigenvalue weighted by molar-refractivity contribution is 0.252. The molecule has 2 aromatic rings. The third kappa shape index (κ3) is 5.65. The van der Waals surface area contributed by atoms with Crippen LogP contribution >= 0.6 is 15.9 Å². The van der Waals surface area contributed by atoms with E-state index in [0.717, 1.165) is 5.56 Å². The van der Waals surface area contributed by atoms with Gasteiger partial charge < -0.3 is 14.8 Å². The summed E-state index contributed by atoms with van der Waals surface area (Å²) in [4.78, 5) is 11.8. The first-order valence-electron chi connectivity index (χ1n) is 7.40. The van der Waals surface area contributed by atoms with E-state index >= 15 is 0 Å². The van der Waals surface area contributed by atoms with Crippen LogP contribution in [0.2, 0.25) is 0 Å². The van der Waals surface area contributed by atoms with E-state index < -0.39 is 6.03 Å². The quantitative estimate of drug-likeness (QED) is 0.413. The summed E-state index contributed by atoms with van der Waals surface area (Å²) in [5.74, 6) is 1.13. The molecule has 0 spiro atoms. The number of carbonyl (C=O) groups excluding carboxylic acids is 1. The van der Waals surface area contributed by atoms with E-state index in [0.29, 0.717) is 28.3 Å². The van der Waals surface area contributed by atoms with Gasteiger partial charge in [-0.1, -0.05) is 30.9 Å². The fraction of sp³-hybridized carbons (Fsp3) is 0.111. The molecule has 0 atom stereocenters. The largest absolute Gasteiger partial charge is 0.493 e. The van der Waals surface area contributed by atoms with Gasteiger partial charge in [0.2, 0.25) is 0 Å². The minimum atomic E-state index is -0.431. The minimum absolute atomic E-state index is 0.365. The van der Waals surface area contributed by atoms with Gasteiger partial charge >= 0.3 is 6.03 Å². The maximum atomic E-state index is 11.8. The molecule has 0 unspecified atom stereocenters. The lowest BCUT2D eigenvalue weighted by atomic mass is 10.2. The molecule has 0 fully saturated rings. The molecule has 0 aliphatic heterocycles. The van der Waals surface area contributed by atoms with Gasteiger partial charge in [-0.25, -0.2) is 10.2 Å². The lowest BCUT2D eigenvalue weighted by Gasteiger charge is -2.12.